The first-order chi connectivity index (χ1) is 7.93. The first-order valence-corrected chi connectivity index (χ1v) is 5.11. The molecule has 1 aromatic heterocycles. The van der Waals surface area contributed by atoms with Crippen LogP contribution in [0.15, 0.2) is 17.3 Å². The average molecular weight is 237 g/mol. The van der Waals surface area contributed by atoms with Crippen molar-refractivity contribution < 1.29 is 14.7 Å². The van der Waals surface area contributed by atoms with E-state index in [-0.39, 0.29) is 17.1 Å². The number of hydrogen-bond acceptors (Lipinski definition) is 3. The van der Waals surface area contributed by atoms with Gasteiger partial charge in [0, 0.05) is 28.9 Å². The van der Waals surface area contributed by atoms with Gasteiger partial charge in [-0.2, -0.15) is 5.10 Å². The van der Waals surface area contributed by atoms with Crippen LogP contribution in [-0.2, 0) is 16.1 Å². The molecule has 0 aliphatic carbocycles. The molecule has 6 heteroatoms. The summed E-state index contributed by atoms with van der Waals surface area (Å²) < 4.78 is 0. The van der Waals surface area contributed by atoms with Crippen molar-refractivity contribution in [2.24, 2.45) is 0 Å². The van der Waals surface area contributed by atoms with Crippen molar-refractivity contribution in [3.05, 3.63) is 28.6 Å². The topological polar surface area (TPSA) is 95.1 Å². The number of rotatable bonds is 4. The summed E-state index contributed by atoms with van der Waals surface area (Å²) in [4.78, 5) is 22.3. The third kappa shape index (κ3) is 3.17. The van der Waals surface area contributed by atoms with Crippen LogP contribution < -0.4 is 5.32 Å². The Morgan fingerprint density at radius 1 is 1.41 bits per heavy atom. The van der Waals surface area contributed by atoms with Crippen LogP contribution in [0, 0.1) is 6.92 Å². The maximum atomic E-state index is 11.6. The standard InChI is InChI=1S/C11H15N3O3/c1-6(7(2)11(16)17)10(15)12-4-9-5-13-14-8(9)3/h5H,4H2,1-3H3,(H,12,15)(H,13,14)(H,16,17). The molecule has 1 amide bonds. The number of nitrogens with zero attached hydrogens (tertiary/aromatic N) is 1. The molecule has 0 bridgehead atoms. The quantitative estimate of drug-likeness (QED) is 0.673. The minimum Gasteiger partial charge on any atom is -0.478 e. The largest absolute Gasteiger partial charge is 0.478 e. The van der Waals surface area contributed by atoms with Crippen molar-refractivity contribution in [1.82, 2.24) is 15.5 Å². The van der Waals surface area contributed by atoms with Gasteiger partial charge in [0.05, 0.1) is 6.20 Å². The summed E-state index contributed by atoms with van der Waals surface area (Å²) in [7, 11) is 0. The molecule has 3 N–H and O–H groups in total. The fraction of sp³-hybridized carbons (Fsp3) is 0.364. The average Bonchev–Trinajstić information content (AvgIpc) is 2.69. The molecule has 1 rings (SSSR count). The monoisotopic (exact) mass is 237 g/mol. The third-order valence-corrected chi connectivity index (χ3v) is 2.60. The van der Waals surface area contributed by atoms with E-state index in [1.54, 1.807) is 6.20 Å². The molecule has 0 fully saturated rings. The van der Waals surface area contributed by atoms with E-state index < -0.39 is 5.97 Å². The highest BCUT2D eigenvalue weighted by molar-refractivity contribution is 6.01. The molecule has 0 saturated carbocycles. The molecule has 6 nitrogen and oxygen atoms in total. The Bertz CT molecular complexity index is 474. The summed E-state index contributed by atoms with van der Waals surface area (Å²) in [6, 6.07) is 0. The van der Waals surface area contributed by atoms with Crippen LogP contribution in [0.4, 0.5) is 0 Å². The lowest BCUT2D eigenvalue weighted by molar-refractivity contribution is -0.133. The number of aryl methyl sites for hydroxylation is 1. The van der Waals surface area contributed by atoms with Crippen LogP contribution in [0.3, 0.4) is 0 Å². The zero-order valence-corrected chi connectivity index (χ0v) is 10.00. The molecule has 0 aliphatic heterocycles. The molecule has 0 aliphatic rings. The number of aliphatic carboxylic acids is 1. The van der Waals surface area contributed by atoms with E-state index in [0.717, 1.165) is 11.3 Å². The highest BCUT2D eigenvalue weighted by Gasteiger charge is 2.12. The summed E-state index contributed by atoms with van der Waals surface area (Å²) in [5.74, 6) is -1.47. The lowest BCUT2D eigenvalue weighted by Crippen LogP contribution is -2.25. The minimum atomic E-state index is -1.09. The highest BCUT2D eigenvalue weighted by Crippen LogP contribution is 2.05. The highest BCUT2D eigenvalue weighted by atomic mass is 16.4. The van der Waals surface area contributed by atoms with Crippen LogP contribution in [-0.4, -0.2) is 27.2 Å². The van der Waals surface area contributed by atoms with Crippen molar-refractivity contribution in [2.75, 3.05) is 0 Å². The predicted molar refractivity (Wildman–Crippen MR) is 61.2 cm³/mol. The predicted octanol–water partition coefficient (Wildman–Crippen LogP) is 0.755. The van der Waals surface area contributed by atoms with Crippen molar-refractivity contribution >= 4 is 11.9 Å². The Labute approximate surface area is 98.7 Å². The number of carboxylic acids is 1. The molecular formula is C11H15N3O3. The van der Waals surface area contributed by atoms with E-state index in [9.17, 15) is 9.59 Å². The molecule has 0 atom stereocenters. The minimum absolute atomic E-state index is 0.0476. The Balaban J connectivity index is 2.65. The molecular weight excluding hydrogens is 222 g/mol. The zero-order chi connectivity index (χ0) is 13.0. The van der Waals surface area contributed by atoms with Crippen molar-refractivity contribution in [3.63, 3.8) is 0 Å². The van der Waals surface area contributed by atoms with Gasteiger partial charge >= 0.3 is 5.97 Å². The number of aromatic amines is 1. The van der Waals surface area contributed by atoms with Crippen molar-refractivity contribution in [2.45, 2.75) is 27.3 Å². The second-order valence-electron chi connectivity index (χ2n) is 3.76. The smallest absolute Gasteiger partial charge is 0.331 e. The molecule has 0 unspecified atom stereocenters. The van der Waals surface area contributed by atoms with Gasteiger partial charge in [-0.05, 0) is 20.8 Å². The molecule has 0 radical (unpaired) electrons. The number of hydrogen-bond donors (Lipinski definition) is 3. The van der Waals surface area contributed by atoms with Gasteiger partial charge in [0.15, 0.2) is 0 Å². The number of carbonyl (C=O) groups excluding carboxylic acids is 1. The van der Waals surface area contributed by atoms with Gasteiger partial charge in [-0.25, -0.2) is 4.79 Å². The van der Waals surface area contributed by atoms with Crippen LogP contribution in [0.1, 0.15) is 25.1 Å². The molecule has 0 saturated heterocycles. The Morgan fingerprint density at radius 3 is 2.53 bits per heavy atom. The Kier molecular flexibility index (Phi) is 4.03. The number of amides is 1. The van der Waals surface area contributed by atoms with Crippen LogP contribution in [0.25, 0.3) is 0 Å². The molecule has 1 heterocycles. The summed E-state index contributed by atoms with van der Waals surface area (Å²) >= 11 is 0. The lowest BCUT2D eigenvalue weighted by Gasteiger charge is -2.06. The lowest BCUT2D eigenvalue weighted by atomic mass is 10.1. The van der Waals surface area contributed by atoms with Gasteiger partial charge in [-0.15, -0.1) is 0 Å². The second kappa shape index (κ2) is 5.29. The first-order valence-electron chi connectivity index (χ1n) is 5.11. The second-order valence-corrected chi connectivity index (χ2v) is 3.76. The molecule has 0 spiro atoms. The maximum absolute atomic E-state index is 11.6. The number of nitrogens with one attached hydrogen (secondary N) is 2. The zero-order valence-electron chi connectivity index (χ0n) is 10.00. The van der Waals surface area contributed by atoms with E-state index >= 15 is 0 Å². The van der Waals surface area contributed by atoms with E-state index in [4.69, 9.17) is 5.11 Å². The van der Waals surface area contributed by atoms with Crippen LogP contribution in [0.2, 0.25) is 0 Å². The van der Waals surface area contributed by atoms with E-state index in [2.05, 4.69) is 15.5 Å². The summed E-state index contributed by atoms with van der Waals surface area (Å²) in [6.07, 6.45) is 1.62. The number of aromatic nitrogens is 2. The molecule has 17 heavy (non-hydrogen) atoms. The SMILES string of the molecule is CC(C(=O)O)=C(C)C(=O)NCc1cn[nH]c1C. The Morgan fingerprint density at radius 2 is 2.06 bits per heavy atom. The molecule has 0 aromatic carbocycles. The van der Waals surface area contributed by atoms with Crippen molar-refractivity contribution in [3.8, 4) is 0 Å². The summed E-state index contributed by atoms with van der Waals surface area (Å²) in [5, 5.41) is 18.0. The molecule has 1 aromatic rings. The molecule has 92 valence electrons. The van der Waals surface area contributed by atoms with Gasteiger partial charge in [-0.1, -0.05) is 0 Å². The fourth-order valence-corrected chi connectivity index (χ4v) is 1.19. The van der Waals surface area contributed by atoms with Gasteiger partial charge in [0.25, 0.3) is 0 Å². The van der Waals surface area contributed by atoms with Gasteiger partial charge in [-0.3, -0.25) is 9.89 Å². The van der Waals surface area contributed by atoms with Crippen molar-refractivity contribution in [1.29, 1.82) is 0 Å². The maximum Gasteiger partial charge on any atom is 0.331 e. The number of carbonyl (C=O) groups is 2. The van der Waals surface area contributed by atoms with Crippen LogP contribution >= 0.6 is 0 Å². The van der Waals surface area contributed by atoms with Gasteiger partial charge in [0.1, 0.15) is 0 Å². The summed E-state index contributed by atoms with van der Waals surface area (Å²) in [6.45, 7) is 5.06. The van der Waals surface area contributed by atoms with E-state index in [1.807, 2.05) is 6.92 Å². The number of carboxylic acid groups (broad SMARTS) is 1. The normalized spacial score (nSPS) is 11.9. The third-order valence-electron chi connectivity index (χ3n) is 2.60. The Hall–Kier alpha value is -2.11. The van der Waals surface area contributed by atoms with E-state index in [0.29, 0.717) is 6.54 Å². The summed E-state index contributed by atoms with van der Waals surface area (Å²) in [5.41, 5.74) is 2.01. The van der Waals surface area contributed by atoms with Gasteiger partial charge < -0.3 is 10.4 Å². The fourth-order valence-electron chi connectivity index (χ4n) is 1.19. The van der Waals surface area contributed by atoms with Gasteiger partial charge in [0.2, 0.25) is 5.91 Å². The van der Waals surface area contributed by atoms with E-state index in [1.165, 1.54) is 13.8 Å². The first kappa shape index (κ1) is 13.0. The van der Waals surface area contributed by atoms with Crippen LogP contribution in [0.5, 0.6) is 0 Å². The number of H-pyrrole nitrogens is 1.